The molecule has 2 fully saturated rings. The van der Waals surface area contributed by atoms with Crippen LogP contribution in [-0.4, -0.2) is 55.6 Å². The van der Waals surface area contributed by atoms with E-state index in [1.807, 2.05) is 15.9 Å². The molecule has 128 valence electrons. The number of amides is 1. The molecule has 2 saturated heterocycles. The first-order valence-corrected chi connectivity index (χ1v) is 10.0. The molecule has 3 heterocycles. The van der Waals surface area contributed by atoms with Crippen LogP contribution in [-0.2, 0) is 14.8 Å². The van der Waals surface area contributed by atoms with Crippen LogP contribution in [0.1, 0.15) is 37.7 Å². The first-order chi connectivity index (χ1) is 11.6. The van der Waals surface area contributed by atoms with Gasteiger partial charge in [0.25, 0.3) is 10.0 Å². The Morgan fingerprint density at radius 3 is 2.58 bits per heavy atom. The van der Waals surface area contributed by atoms with Crippen LogP contribution < -0.4 is 0 Å². The normalized spacial score (nSPS) is 25.5. The van der Waals surface area contributed by atoms with E-state index in [-0.39, 0.29) is 16.8 Å². The summed E-state index contributed by atoms with van der Waals surface area (Å²) in [6, 6.07) is 6.59. The fraction of sp³-hybridized carbons (Fsp3) is 0.529. The number of rotatable bonds is 1. The van der Waals surface area contributed by atoms with Gasteiger partial charge in [0.1, 0.15) is 10.9 Å². The maximum atomic E-state index is 12.9. The number of sulfonamides is 1. The van der Waals surface area contributed by atoms with Crippen LogP contribution in [0.5, 0.6) is 0 Å². The molecule has 0 aromatic heterocycles. The number of likely N-dealkylation sites (tertiary alicyclic amines) is 2. The minimum absolute atomic E-state index is 0.122. The molecule has 6 nitrogen and oxygen atoms in total. The van der Waals surface area contributed by atoms with E-state index in [1.165, 1.54) is 6.42 Å². The zero-order valence-electron chi connectivity index (χ0n) is 13.5. The van der Waals surface area contributed by atoms with E-state index >= 15 is 0 Å². The van der Waals surface area contributed by atoms with Gasteiger partial charge in [-0.15, -0.1) is 4.40 Å². The molecule has 0 N–H and O–H groups in total. The van der Waals surface area contributed by atoms with Gasteiger partial charge in [-0.25, -0.2) is 0 Å². The van der Waals surface area contributed by atoms with Crippen molar-refractivity contribution in [1.29, 1.82) is 0 Å². The van der Waals surface area contributed by atoms with Crippen molar-refractivity contribution in [2.75, 3.05) is 19.6 Å². The Morgan fingerprint density at radius 2 is 1.79 bits per heavy atom. The van der Waals surface area contributed by atoms with Crippen molar-refractivity contribution in [3.63, 3.8) is 0 Å². The summed E-state index contributed by atoms with van der Waals surface area (Å²) in [5.41, 5.74) is 0.621. The third-order valence-electron chi connectivity index (χ3n) is 5.09. The fourth-order valence-corrected chi connectivity index (χ4v) is 5.11. The summed E-state index contributed by atoms with van der Waals surface area (Å²) in [4.78, 5) is 17.0. The molecule has 1 aromatic rings. The van der Waals surface area contributed by atoms with Gasteiger partial charge in [-0.2, -0.15) is 8.42 Å². The number of benzene rings is 1. The molecule has 4 rings (SSSR count). The Kier molecular flexibility index (Phi) is 3.83. The summed E-state index contributed by atoms with van der Waals surface area (Å²) in [5.74, 6) is 0.565. The van der Waals surface area contributed by atoms with Crippen molar-refractivity contribution in [2.24, 2.45) is 4.40 Å². The summed E-state index contributed by atoms with van der Waals surface area (Å²) in [7, 11) is -3.64. The highest BCUT2D eigenvalue weighted by molar-refractivity contribution is 7.90. The molecular weight excluding hydrogens is 326 g/mol. The standard InChI is InChI=1S/C17H21N3O3S/c21-17(19-10-4-1-5-11-19)14-8-6-12-20(14)16-13-7-2-3-9-15(13)24(22,23)18-16/h2-3,7,9,14H,1,4-6,8,10-12H2/t14-/m0/s1. The molecule has 0 bridgehead atoms. The predicted molar refractivity (Wildman–Crippen MR) is 90.3 cm³/mol. The van der Waals surface area contributed by atoms with E-state index < -0.39 is 10.0 Å². The van der Waals surface area contributed by atoms with Gasteiger partial charge >= 0.3 is 0 Å². The van der Waals surface area contributed by atoms with Gasteiger partial charge in [0.15, 0.2) is 5.84 Å². The molecule has 1 aromatic carbocycles. The maximum absolute atomic E-state index is 12.9. The summed E-state index contributed by atoms with van der Waals surface area (Å²) in [5, 5.41) is 0. The van der Waals surface area contributed by atoms with Crippen molar-refractivity contribution >= 4 is 21.8 Å². The zero-order valence-corrected chi connectivity index (χ0v) is 14.3. The molecule has 0 radical (unpaired) electrons. The minimum atomic E-state index is -3.64. The lowest BCUT2D eigenvalue weighted by Gasteiger charge is -2.33. The van der Waals surface area contributed by atoms with Gasteiger partial charge in [0.2, 0.25) is 5.91 Å². The molecule has 0 spiro atoms. The van der Waals surface area contributed by atoms with Crippen LogP contribution >= 0.6 is 0 Å². The van der Waals surface area contributed by atoms with Crippen LogP contribution in [0.4, 0.5) is 0 Å². The summed E-state index contributed by atoms with van der Waals surface area (Å²) >= 11 is 0. The second-order valence-corrected chi connectivity index (χ2v) is 8.20. The zero-order chi connectivity index (χ0) is 16.7. The molecule has 0 aliphatic carbocycles. The SMILES string of the molecule is O=C([C@@H]1CCCN1C1=NS(=O)(=O)c2ccccc21)N1CCCCC1. The van der Waals surface area contributed by atoms with E-state index in [0.717, 1.165) is 38.8 Å². The number of hydrogen-bond acceptors (Lipinski definition) is 4. The van der Waals surface area contributed by atoms with Crippen LogP contribution in [0.15, 0.2) is 33.6 Å². The number of carbonyl (C=O) groups is 1. The number of piperidine rings is 1. The van der Waals surface area contributed by atoms with Gasteiger partial charge in [-0.3, -0.25) is 4.79 Å². The molecular formula is C17H21N3O3S. The van der Waals surface area contributed by atoms with Gasteiger partial charge in [0, 0.05) is 25.2 Å². The van der Waals surface area contributed by atoms with Crippen LogP contribution in [0.2, 0.25) is 0 Å². The topological polar surface area (TPSA) is 70.0 Å². The Bertz CT molecular complexity index is 797. The molecule has 3 aliphatic rings. The highest BCUT2D eigenvalue weighted by atomic mass is 32.2. The lowest BCUT2D eigenvalue weighted by atomic mass is 10.1. The predicted octanol–water partition coefficient (Wildman–Crippen LogP) is 1.61. The molecule has 24 heavy (non-hydrogen) atoms. The number of nitrogens with zero attached hydrogens (tertiary/aromatic N) is 3. The molecule has 3 aliphatic heterocycles. The molecule has 0 saturated carbocycles. The van der Waals surface area contributed by atoms with Crippen molar-refractivity contribution < 1.29 is 13.2 Å². The van der Waals surface area contributed by atoms with E-state index in [0.29, 0.717) is 17.9 Å². The first-order valence-electron chi connectivity index (χ1n) is 8.58. The molecule has 0 unspecified atom stereocenters. The Balaban J connectivity index is 1.65. The number of hydrogen-bond donors (Lipinski definition) is 0. The van der Waals surface area contributed by atoms with E-state index in [1.54, 1.807) is 18.2 Å². The number of amidine groups is 1. The van der Waals surface area contributed by atoms with E-state index in [4.69, 9.17) is 0 Å². The molecule has 1 atom stereocenters. The van der Waals surface area contributed by atoms with Gasteiger partial charge in [0.05, 0.1) is 0 Å². The van der Waals surface area contributed by atoms with Crippen molar-refractivity contribution in [1.82, 2.24) is 9.80 Å². The van der Waals surface area contributed by atoms with Gasteiger partial charge < -0.3 is 9.80 Å². The smallest absolute Gasteiger partial charge is 0.285 e. The van der Waals surface area contributed by atoms with Crippen LogP contribution in [0.25, 0.3) is 0 Å². The van der Waals surface area contributed by atoms with Crippen molar-refractivity contribution in [2.45, 2.75) is 43.0 Å². The third kappa shape index (κ3) is 2.51. The molecule has 1 amide bonds. The Hall–Kier alpha value is -1.89. The average Bonchev–Trinajstić information content (AvgIpc) is 3.18. The highest BCUT2D eigenvalue weighted by Gasteiger charge is 2.40. The second kappa shape index (κ2) is 5.88. The Morgan fingerprint density at radius 1 is 1.04 bits per heavy atom. The second-order valence-electron chi connectivity index (χ2n) is 6.62. The number of fused-ring (bicyclic) bond motifs is 1. The fourth-order valence-electron chi connectivity index (χ4n) is 3.90. The van der Waals surface area contributed by atoms with Gasteiger partial charge in [-0.1, -0.05) is 12.1 Å². The average molecular weight is 347 g/mol. The first kappa shape index (κ1) is 15.6. The minimum Gasteiger partial charge on any atom is -0.343 e. The van der Waals surface area contributed by atoms with E-state index in [2.05, 4.69) is 4.40 Å². The monoisotopic (exact) mass is 347 g/mol. The number of carbonyl (C=O) groups excluding carboxylic acids is 1. The largest absolute Gasteiger partial charge is 0.343 e. The van der Waals surface area contributed by atoms with Crippen molar-refractivity contribution in [3.8, 4) is 0 Å². The summed E-state index contributed by atoms with van der Waals surface area (Å²) in [6.45, 7) is 2.29. The lowest BCUT2D eigenvalue weighted by Crippen LogP contribution is -2.49. The molecule has 7 heteroatoms. The lowest BCUT2D eigenvalue weighted by molar-refractivity contribution is -0.135. The quantitative estimate of drug-likeness (QED) is 0.774. The maximum Gasteiger partial charge on any atom is 0.285 e. The van der Waals surface area contributed by atoms with Crippen LogP contribution in [0, 0.1) is 0 Å². The van der Waals surface area contributed by atoms with Crippen molar-refractivity contribution in [3.05, 3.63) is 29.8 Å². The summed E-state index contributed by atoms with van der Waals surface area (Å²) in [6.07, 6.45) is 4.92. The summed E-state index contributed by atoms with van der Waals surface area (Å²) < 4.78 is 28.6. The highest BCUT2D eigenvalue weighted by Crippen LogP contribution is 2.31. The van der Waals surface area contributed by atoms with Gasteiger partial charge in [-0.05, 0) is 44.2 Å². The third-order valence-corrected chi connectivity index (χ3v) is 6.42. The van der Waals surface area contributed by atoms with Crippen LogP contribution in [0.3, 0.4) is 0 Å². The Labute approximate surface area is 142 Å². The van der Waals surface area contributed by atoms with E-state index in [9.17, 15) is 13.2 Å².